The number of hydrogen-bond donors (Lipinski definition) is 1. The highest BCUT2D eigenvalue weighted by Crippen LogP contribution is 2.42. The van der Waals surface area contributed by atoms with Crippen LogP contribution >= 0.6 is 0 Å². The molecule has 0 amide bonds. The van der Waals surface area contributed by atoms with Crippen molar-refractivity contribution in [3.05, 3.63) is 23.4 Å². The maximum atomic E-state index is 5.83. The van der Waals surface area contributed by atoms with Gasteiger partial charge in [-0.05, 0) is 33.4 Å². The van der Waals surface area contributed by atoms with Gasteiger partial charge >= 0.3 is 0 Å². The number of allylic oxidation sites excluding steroid dienone is 1. The fraction of sp³-hybridized carbons (Fsp3) is 0.636. The zero-order valence-corrected chi connectivity index (χ0v) is 9.15. The van der Waals surface area contributed by atoms with Crippen LogP contribution in [-0.2, 0) is 0 Å². The van der Waals surface area contributed by atoms with Gasteiger partial charge in [0.2, 0.25) is 0 Å². The van der Waals surface area contributed by atoms with E-state index < -0.39 is 0 Å². The minimum Gasteiger partial charge on any atom is -0.402 e. The zero-order chi connectivity index (χ0) is 10.2. The number of nitrogens with two attached hydrogens (primary N) is 1. The van der Waals surface area contributed by atoms with Crippen LogP contribution in [0.4, 0.5) is 0 Å². The topological polar surface area (TPSA) is 29.3 Å². The van der Waals surface area contributed by atoms with E-state index >= 15 is 0 Å². The molecule has 1 fully saturated rings. The minimum absolute atomic E-state index is 0.160. The average molecular weight is 180 g/mol. The molecule has 0 unspecified atom stereocenters. The average Bonchev–Trinajstić information content (AvgIpc) is 1.96. The van der Waals surface area contributed by atoms with E-state index in [9.17, 15) is 0 Å². The molecular formula is C11H20N2. The van der Waals surface area contributed by atoms with E-state index in [4.69, 9.17) is 5.73 Å². The summed E-state index contributed by atoms with van der Waals surface area (Å²) in [4.78, 5) is 2.29. The van der Waals surface area contributed by atoms with E-state index in [1.54, 1.807) is 0 Å². The third kappa shape index (κ3) is 1.51. The molecule has 0 aliphatic carbocycles. The molecule has 1 saturated heterocycles. The molecule has 1 rings (SSSR count). The second-order valence-corrected chi connectivity index (χ2v) is 4.34. The summed E-state index contributed by atoms with van der Waals surface area (Å²) >= 11 is 0. The molecule has 1 aliphatic rings. The second kappa shape index (κ2) is 3.18. The van der Waals surface area contributed by atoms with Gasteiger partial charge in [-0.1, -0.05) is 12.2 Å². The summed E-state index contributed by atoms with van der Waals surface area (Å²) in [7, 11) is 2.13. The molecule has 0 bridgehead atoms. The van der Waals surface area contributed by atoms with E-state index in [1.165, 1.54) is 11.1 Å². The molecule has 0 atom stereocenters. The van der Waals surface area contributed by atoms with Crippen molar-refractivity contribution in [2.24, 2.45) is 11.1 Å². The Morgan fingerprint density at radius 1 is 1.31 bits per heavy atom. The van der Waals surface area contributed by atoms with Crippen molar-refractivity contribution in [2.45, 2.75) is 20.8 Å². The standard InChI is InChI=1S/C11H20N2/c1-8(2)11(6-13(5)7-11)9(3)10(4)12/h1,6-7,12H2,2-5H3/b10-9-. The molecular weight excluding hydrogens is 160 g/mol. The Morgan fingerprint density at radius 3 is 2.00 bits per heavy atom. The Hall–Kier alpha value is -0.760. The third-order valence-electron chi connectivity index (χ3n) is 3.21. The van der Waals surface area contributed by atoms with E-state index in [0.717, 1.165) is 18.8 Å². The van der Waals surface area contributed by atoms with Crippen molar-refractivity contribution in [1.82, 2.24) is 4.90 Å². The van der Waals surface area contributed by atoms with Crippen molar-refractivity contribution < 1.29 is 0 Å². The lowest BCUT2D eigenvalue weighted by molar-refractivity contribution is 0.0869. The summed E-state index contributed by atoms with van der Waals surface area (Å²) in [5.41, 5.74) is 9.46. The van der Waals surface area contributed by atoms with Crippen molar-refractivity contribution in [2.75, 3.05) is 20.1 Å². The number of nitrogens with zero attached hydrogens (tertiary/aromatic N) is 1. The van der Waals surface area contributed by atoms with Crippen LogP contribution in [0.1, 0.15) is 20.8 Å². The SMILES string of the molecule is C=C(C)C1(/C(C)=C(/C)N)CN(C)C1. The lowest BCUT2D eigenvalue weighted by Crippen LogP contribution is -2.55. The van der Waals surface area contributed by atoms with Crippen LogP contribution in [0.3, 0.4) is 0 Å². The molecule has 74 valence electrons. The number of likely N-dealkylation sites (tertiary alicyclic amines) is 1. The molecule has 2 nitrogen and oxygen atoms in total. The molecule has 0 saturated carbocycles. The monoisotopic (exact) mass is 180 g/mol. The van der Waals surface area contributed by atoms with Gasteiger partial charge in [-0.2, -0.15) is 0 Å². The van der Waals surface area contributed by atoms with E-state index in [1.807, 2.05) is 6.92 Å². The molecule has 1 aliphatic heterocycles. The van der Waals surface area contributed by atoms with Crippen LogP contribution in [0.15, 0.2) is 23.4 Å². The fourth-order valence-electron chi connectivity index (χ4n) is 2.08. The smallest absolute Gasteiger partial charge is 0.0386 e. The summed E-state index contributed by atoms with van der Waals surface area (Å²) in [6.07, 6.45) is 0. The van der Waals surface area contributed by atoms with Crippen LogP contribution in [0.5, 0.6) is 0 Å². The highest BCUT2D eigenvalue weighted by molar-refractivity contribution is 5.33. The van der Waals surface area contributed by atoms with Gasteiger partial charge < -0.3 is 10.6 Å². The first kappa shape index (κ1) is 10.3. The molecule has 0 aromatic carbocycles. The first-order chi connectivity index (χ1) is 5.90. The van der Waals surface area contributed by atoms with Crippen LogP contribution in [-0.4, -0.2) is 25.0 Å². The minimum atomic E-state index is 0.160. The fourth-order valence-corrected chi connectivity index (χ4v) is 2.08. The van der Waals surface area contributed by atoms with E-state index in [0.29, 0.717) is 0 Å². The Kier molecular flexibility index (Phi) is 2.53. The Balaban J connectivity index is 2.96. The first-order valence-corrected chi connectivity index (χ1v) is 4.68. The predicted molar refractivity (Wildman–Crippen MR) is 57.3 cm³/mol. The van der Waals surface area contributed by atoms with Gasteiger partial charge in [-0.15, -0.1) is 0 Å². The van der Waals surface area contributed by atoms with Gasteiger partial charge in [0.15, 0.2) is 0 Å². The van der Waals surface area contributed by atoms with Crippen molar-refractivity contribution >= 4 is 0 Å². The first-order valence-electron chi connectivity index (χ1n) is 4.68. The second-order valence-electron chi connectivity index (χ2n) is 4.34. The summed E-state index contributed by atoms with van der Waals surface area (Å²) in [6, 6.07) is 0. The Morgan fingerprint density at radius 2 is 1.77 bits per heavy atom. The van der Waals surface area contributed by atoms with Gasteiger partial charge in [0.05, 0.1) is 0 Å². The van der Waals surface area contributed by atoms with Crippen molar-refractivity contribution in [1.29, 1.82) is 0 Å². The van der Waals surface area contributed by atoms with Crippen LogP contribution in [0.25, 0.3) is 0 Å². The van der Waals surface area contributed by atoms with E-state index in [2.05, 4.69) is 32.4 Å². The highest BCUT2D eigenvalue weighted by Gasteiger charge is 2.43. The molecule has 0 radical (unpaired) electrons. The largest absolute Gasteiger partial charge is 0.402 e. The summed E-state index contributed by atoms with van der Waals surface area (Å²) in [5.74, 6) is 0. The third-order valence-corrected chi connectivity index (χ3v) is 3.21. The predicted octanol–water partition coefficient (Wildman–Crippen LogP) is 1.75. The normalized spacial score (nSPS) is 23.4. The number of hydrogen-bond acceptors (Lipinski definition) is 2. The lowest BCUT2D eigenvalue weighted by Gasteiger charge is -2.50. The van der Waals surface area contributed by atoms with Crippen LogP contribution in [0.2, 0.25) is 0 Å². The van der Waals surface area contributed by atoms with Gasteiger partial charge in [0.25, 0.3) is 0 Å². The van der Waals surface area contributed by atoms with E-state index in [-0.39, 0.29) is 5.41 Å². The van der Waals surface area contributed by atoms with Crippen molar-refractivity contribution in [3.63, 3.8) is 0 Å². The van der Waals surface area contributed by atoms with Gasteiger partial charge in [-0.25, -0.2) is 0 Å². The molecule has 0 spiro atoms. The quantitative estimate of drug-likeness (QED) is 0.656. The molecule has 0 aromatic rings. The molecule has 13 heavy (non-hydrogen) atoms. The lowest BCUT2D eigenvalue weighted by atomic mass is 9.69. The zero-order valence-electron chi connectivity index (χ0n) is 9.15. The molecule has 2 heteroatoms. The number of rotatable bonds is 2. The maximum absolute atomic E-state index is 5.83. The Labute approximate surface area is 81.1 Å². The van der Waals surface area contributed by atoms with Gasteiger partial charge in [-0.3, -0.25) is 0 Å². The van der Waals surface area contributed by atoms with Crippen LogP contribution in [0, 0.1) is 5.41 Å². The summed E-state index contributed by atoms with van der Waals surface area (Å²) in [6.45, 7) is 12.4. The summed E-state index contributed by atoms with van der Waals surface area (Å²) < 4.78 is 0. The molecule has 1 heterocycles. The molecule has 2 N–H and O–H groups in total. The highest BCUT2D eigenvalue weighted by atomic mass is 15.2. The van der Waals surface area contributed by atoms with Gasteiger partial charge in [0, 0.05) is 24.2 Å². The van der Waals surface area contributed by atoms with Crippen LogP contribution < -0.4 is 5.73 Å². The summed E-state index contributed by atoms with van der Waals surface area (Å²) in [5, 5.41) is 0. The molecule has 0 aromatic heterocycles. The Bertz CT molecular complexity index is 253. The van der Waals surface area contributed by atoms with Crippen molar-refractivity contribution in [3.8, 4) is 0 Å². The maximum Gasteiger partial charge on any atom is 0.0386 e. The van der Waals surface area contributed by atoms with Gasteiger partial charge in [0.1, 0.15) is 0 Å².